The summed E-state index contributed by atoms with van der Waals surface area (Å²) in [6, 6.07) is 5.28. The van der Waals surface area contributed by atoms with Crippen molar-refractivity contribution in [3.05, 3.63) is 39.9 Å². The highest BCUT2D eigenvalue weighted by atomic mass is 16.6. The number of nitrogens with zero attached hydrogens (tertiary/aromatic N) is 4. The Morgan fingerprint density at radius 3 is 2.62 bits per heavy atom. The number of non-ortho nitro benzene ring substituents is 1. The summed E-state index contributed by atoms with van der Waals surface area (Å²) in [6.07, 6.45) is 0.800. The minimum atomic E-state index is -0.597. The van der Waals surface area contributed by atoms with Crippen LogP contribution in [-0.2, 0) is 9.59 Å². The van der Waals surface area contributed by atoms with Crippen LogP contribution in [0.1, 0.15) is 23.7 Å². The Morgan fingerprint density at radius 2 is 2.00 bits per heavy atom. The molecule has 0 unspecified atom stereocenters. The van der Waals surface area contributed by atoms with Crippen molar-refractivity contribution in [2.75, 3.05) is 26.2 Å². The van der Waals surface area contributed by atoms with E-state index in [0.717, 1.165) is 12.5 Å². The zero-order valence-corrected chi connectivity index (χ0v) is 14.3. The predicted molar refractivity (Wildman–Crippen MR) is 92.5 cm³/mol. The number of nitro groups is 1. The number of hydrogen-bond donors (Lipinski definition) is 1. The molecule has 1 N–H and O–H groups in total. The molecule has 0 spiro atoms. The van der Waals surface area contributed by atoms with Gasteiger partial charge in [-0.3, -0.25) is 24.5 Å². The van der Waals surface area contributed by atoms with E-state index < -0.39 is 10.8 Å². The van der Waals surface area contributed by atoms with Crippen LogP contribution in [-0.4, -0.2) is 64.8 Å². The molecule has 3 amide bonds. The third-order valence-electron chi connectivity index (χ3n) is 3.89. The zero-order valence-electron chi connectivity index (χ0n) is 14.3. The van der Waals surface area contributed by atoms with Crippen molar-refractivity contribution in [2.45, 2.75) is 13.3 Å². The van der Waals surface area contributed by atoms with E-state index in [1.807, 2.05) is 0 Å². The van der Waals surface area contributed by atoms with Gasteiger partial charge >= 0.3 is 0 Å². The van der Waals surface area contributed by atoms with E-state index in [4.69, 9.17) is 0 Å². The van der Waals surface area contributed by atoms with Gasteiger partial charge in [0.15, 0.2) is 0 Å². The number of benzene rings is 1. The molecule has 1 aromatic rings. The van der Waals surface area contributed by atoms with Crippen LogP contribution in [0, 0.1) is 10.1 Å². The molecule has 0 aromatic heterocycles. The summed E-state index contributed by atoms with van der Waals surface area (Å²) in [5, 5.41) is 14.6. The van der Waals surface area contributed by atoms with E-state index in [-0.39, 0.29) is 23.6 Å². The van der Waals surface area contributed by atoms with Gasteiger partial charge in [0, 0.05) is 49.6 Å². The van der Waals surface area contributed by atoms with Crippen LogP contribution in [0.2, 0.25) is 0 Å². The fraction of sp³-hybridized carbons (Fsp3) is 0.375. The van der Waals surface area contributed by atoms with Crippen LogP contribution in [0.15, 0.2) is 29.4 Å². The maximum Gasteiger partial charge on any atom is 0.271 e. The molecule has 26 heavy (non-hydrogen) atoms. The van der Waals surface area contributed by atoms with E-state index in [2.05, 4.69) is 10.5 Å². The van der Waals surface area contributed by atoms with Crippen molar-refractivity contribution >= 4 is 29.6 Å². The Kier molecular flexibility index (Phi) is 6.36. The minimum Gasteiger partial charge on any atom is -0.342 e. The number of rotatable bonds is 6. The first kappa shape index (κ1) is 19.0. The van der Waals surface area contributed by atoms with E-state index in [1.165, 1.54) is 18.2 Å². The lowest BCUT2D eigenvalue weighted by Crippen LogP contribution is -2.48. The summed E-state index contributed by atoms with van der Waals surface area (Å²) in [5.74, 6) is -0.735. The Hall–Kier alpha value is -3.30. The summed E-state index contributed by atoms with van der Waals surface area (Å²) in [7, 11) is 0. The lowest BCUT2D eigenvalue weighted by atomic mass is 10.2. The number of nitrogens with one attached hydrogen (secondary N) is 1. The molecule has 10 nitrogen and oxygen atoms in total. The van der Waals surface area contributed by atoms with Crippen LogP contribution >= 0.6 is 0 Å². The summed E-state index contributed by atoms with van der Waals surface area (Å²) in [6.45, 7) is 3.52. The molecule has 1 aliphatic heterocycles. The molecule has 138 valence electrons. The van der Waals surface area contributed by atoms with Gasteiger partial charge < -0.3 is 9.80 Å². The first-order valence-electron chi connectivity index (χ1n) is 7.96. The largest absolute Gasteiger partial charge is 0.342 e. The second kappa shape index (κ2) is 8.70. The Balaban J connectivity index is 1.88. The maximum atomic E-state index is 12.2. The number of hydrogen-bond acceptors (Lipinski definition) is 6. The van der Waals surface area contributed by atoms with Gasteiger partial charge in [-0.05, 0) is 13.0 Å². The number of piperazine rings is 1. The van der Waals surface area contributed by atoms with E-state index in [9.17, 15) is 24.5 Å². The third-order valence-corrected chi connectivity index (χ3v) is 3.89. The number of amides is 3. The molecule has 0 aliphatic carbocycles. The van der Waals surface area contributed by atoms with E-state index in [1.54, 1.807) is 16.7 Å². The average Bonchev–Trinajstić information content (AvgIpc) is 2.66. The van der Waals surface area contributed by atoms with E-state index >= 15 is 0 Å². The van der Waals surface area contributed by atoms with E-state index in [0.29, 0.717) is 31.9 Å². The van der Waals surface area contributed by atoms with Crippen molar-refractivity contribution in [3.63, 3.8) is 0 Å². The molecule has 10 heteroatoms. The highest BCUT2D eigenvalue weighted by Gasteiger charge is 2.20. The topological polar surface area (TPSA) is 125 Å². The maximum absolute atomic E-state index is 12.2. The van der Waals surface area contributed by atoms with Crippen molar-refractivity contribution in [1.29, 1.82) is 0 Å². The Morgan fingerprint density at radius 1 is 1.31 bits per heavy atom. The quantitative estimate of drug-likeness (QED) is 0.340. The van der Waals surface area contributed by atoms with Gasteiger partial charge in [0.05, 0.1) is 11.3 Å². The summed E-state index contributed by atoms with van der Waals surface area (Å²) >= 11 is 0. The highest BCUT2D eigenvalue weighted by molar-refractivity contribution is 6.01. The summed E-state index contributed by atoms with van der Waals surface area (Å²) in [4.78, 5) is 48.2. The van der Waals surface area contributed by atoms with Gasteiger partial charge in [0.1, 0.15) is 0 Å². The van der Waals surface area contributed by atoms with Gasteiger partial charge in [0.25, 0.3) is 11.6 Å². The van der Waals surface area contributed by atoms with Crippen LogP contribution in [0.3, 0.4) is 0 Å². The molecule has 1 heterocycles. The van der Waals surface area contributed by atoms with Gasteiger partial charge in [-0.1, -0.05) is 6.07 Å². The average molecular weight is 361 g/mol. The number of carbonyl (C=O) groups excluding carboxylic acids is 3. The molecular formula is C16H19N5O5. The number of hydrazone groups is 1. The van der Waals surface area contributed by atoms with Crippen molar-refractivity contribution in [1.82, 2.24) is 15.2 Å². The molecule has 1 fully saturated rings. The van der Waals surface area contributed by atoms with Crippen LogP contribution in [0.5, 0.6) is 0 Å². The van der Waals surface area contributed by atoms with Crippen molar-refractivity contribution in [2.24, 2.45) is 5.10 Å². The minimum absolute atomic E-state index is 0.0380. The lowest BCUT2D eigenvalue weighted by molar-refractivity contribution is -0.384. The standard InChI is InChI=1S/C16H19N5O5/c1-12(9-15(23)20-7-5-19(11-22)6-8-20)17-18-16(24)13-3-2-4-14(10-13)21(25)26/h2-4,10-11H,5-9H2,1H3,(H,18,24)/b17-12-. The van der Waals surface area contributed by atoms with Gasteiger partial charge in [-0.15, -0.1) is 0 Å². The summed E-state index contributed by atoms with van der Waals surface area (Å²) in [5.41, 5.74) is 2.61. The van der Waals surface area contributed by atoms with Crippen LogP contribution in [0.4, 0.5) is 5.69 Å². The van der Waals surface area contributed by atoms with Crippen LogP contribution in [0.25, 0.3) is 0 Å². The van der Waals surface area contributed by atoms with Gasteiger partial charge in [-0.25, -0.2) is 5.43 Å². The SMILES string of the molecule is C/C(CC(=O)N1CCN(C=O)CC1)=N/NC(=O)c1cccc([N+](=O)[O-])c1. The second-order valence-corrected chi connectivity index (χ2v) is 5.79. The van der Waals surface area contributed by atoms with Gasteiger partial charge in [0.2, 0.25) is 12.3 Å². The Labute approximate surface area is 149 Å². The lowest BCUT2D eigenvalue weighted by Gasteiger charge is -2.32. The van der Waals surface area contributed by atoms with Gasteiger partial charge in [-0.2, -0.15) is 5.10 Å². The Bertz CT molecular complexity index is 740. The van der Waals surface area contributed by atoms with Crippen LogP contribution < -0.4 is 5.43 Å². The monoisotopic (exact) mass is 361 g/mol. The second-order valence-electron chi connectivity index (χ2n) is 5.79. The predicted octanol–water partition coefficient (Wildman–Crippen LogP) is 0.391. The molecule has 0 radical (unpaired) electrons. The fourth-order valence-electron chi connectivity index (χ4n) is 2.42. The summed E-state index contributed by atoms with van der Waals surface area (Å²) < 4.78 is 0. The number of carbonyl (C=O) groups is 3. The molecular weight excluding hydrogens is 342 g/mol. The number of nitro benzene ring substituents is 1. The first-order valence-corrected chi connectivity index (χ1v) is 7.96. The fourth-order valence-corrected chi connectivity index (χ4v) is 2.42. The highest BCUT2D eigenvalue weighted by Crippen LogP contribution is 2.12. The van der Waals surface area contributed by atoms with Crippen molar-refractivity contribution in [3.8, 4) is 0 Å². The normalized spacial score (nSPS) is 14.7. The third kappa shape index (κ3) is 5.10. The molecule has 1 aliphatic rings. The molecule has 1 aromatic carbocycles. The molecule has 1 saturated heterocycles. The molecule has 0 atom stereocenters. The zero-order chi connectivity index (χ0) is 19.1. The molecule has 2 rings (SSSR count). The molecule has 0 bridgehead atoms. The smallest absolute Gasteiger partial charge is 0.271 e. The van der Waals surface area contributed by atoms with Crippen molar-refractivity contribution < 1.29 is 19.3 Å². The first-order chi connectivity index (χ1) is 12.4. The molecule has 0 saturated carbocycles.